The van der Waals surface area contributed by atoms with E-state index >= 15 is 0 Å². The minimum atomic E-state index is -0.0579. The van der Waals surface area contributed by atoms with Crippen LogP contribution in [0.2, 0.25) is 0 Å². The maximum atomic E-state index is 2.33. The van der Waals surface area contributed by atoms with Crippen molar-refractivity contribution in [1.82, 2.24) is 0 Å². The van der Waals surface area contributed by atoms with Gasteiger partial charge >= 0.3 is 21.2 Å². The van der Waals surface area contributed by atoms with Crippen LogP contribution >= 0.6 is 0 Å². The molecular formula is C20H26I+. The Kier molecular flexibility index (Phi) is 5.48. The summed E-state index contributed by atoms with van der Waals surface area (Å²) in [7, 11) is 0. The lowest BCUT2D eigenvalue weighted by Crippen LogP contribution is -3.61. The molecule has 0 radical (unpaired) electrons. The van der Waals surface area contributed by atoms with Crippen molar-refractivity contribution in [2.75, 3.05) is 0 Å². The van der Waals surface area contributed by atoms with E-state index in [2.05, 4.69) is 83.1 Å². The first-order valence-electron chi connectivity index (χ1n) is 7.75. The Morgan fingerprint density at radius 3 is 1.76 bits per heavy atom. The van der Waals surface area contributed by atoms with E-state index in [0.29, 0.717) is 5.92 Å². The fraction of sp³-hybridized carbons (Fsp3) is 0.400. The quantitative estimate of drug-likeness (QED) is 0.701. The first-order valence-corrected chi connectivity index (χ1v) is 9.91. The van der Waals surface area contributed by atoms with E-state index in [0.717, 1.165) is 0 Å². The van der Waals surface area contributed by atoms with Crippen molar-refractivity contribution >= 4 is 0 Å². The van der Waals surface area contributed by atoms with Crippen LogP contribution in [0.15, 0.2) is 48.5 Å². The van der Waals surface area contributed by atoms with Crippen LogP contribution in [0, 0.1) is 7.14 Å². The van der Waals surface area contributed by atoms with Crippen molar-refractivity contribution in [1.29, 1.82) is 0 Å². The van der Waals surface area contributed by atoms with Crippen LogP contribution in [0.5, 0.6) is 0 Å². The van der Waals surface area contributed by atoms with E-state index in [1.165, 1.54) is 24.7 Å². The Labute approximate surface area is 140 Å². The van der Waals surface area contributed by atoms with E-state index in [9.17, 15) is 0 Å². The molecule has 2 rings (SSSR count). The lowest BCUT2D eigenvalue weighted by atomic mass is 9.87. The summed E-state index contributed by atoms with van der Waals surface area (Å²) >= 11 is -0.0579. The largest absolute Gasteiger partial charge is 0.357 e. The Hall–Kier alpha value is -0.830. The van der Waals surface area contributed by atoms with Gasteiger partial charge in [-0.05, 0) is 53.1 Å². The van der Waals surface area contributed by atoms with Crippen LogP contribution in [-0.4, -0.2) is 0 Å². The molecule has 1 heteroatoms. The molecule has 2 aromatic carbocycles. The fourth-order valence-electron chi connectivity index (χ4n) is 2.23. The normalized spacial score (nSPS) is 13.2. The van der Waals surface area contributed by atoms with Crippen LogP contribution in [0.4, 0.5) is 0 Å². The zero-order valence-electron chi connectivity index (χ0n) is 13.8. The second-order valence-electron chi connectivity index (χ2n) is 6.71. The summed E-state index contributed by atoms with van der Waals surface area (Å²) in [5, 5.41) is 0. The molecule has 0 spiro atoms. The van der Waals surface area contributed by atoms with Gasteiger partial charge in [-0.15, -0.1) is 0 Å². The Morgan fingerprint density at radius 1 is 0.857 bits per heavy atom. The van der Waals surface area contributed by atoms with Gasteiger partial charge in [0.25, 0.3) is 0 Å². The predicted molar refractivity (Wildman–Crippen MR) is 87.7 cm³/mol. The minimum Gasteiger partial charge on any atom is -0.0648 e. The third kappa shape index (κ3) is 4.57. The number of hydrogen-bond donors (Lipinski definition) is 0. The van der Waals surface area contributed by atoms with Crippen molar-refractivity contribution in [3.63, 3.8) is 0 Å². The molecule has 0 N–H and O–H groups in total. The summed E-state index contributed by atoms with van der Waals surface area (Å²) in [6.07, 6.45) is 1.21. The molecule has 0 amide bonds. The van der Waals surface area contributed by atoms with E-state index in [1.807, 2.05) is 0 Å². The first-order chi connectivity index (χ1) is 9.90. The van der Waals surface area contributed by atoms with E-state index < -0.39 is 0 Å². The Bertz CT molecular complexity index is 558. The summed E-state index contributed by atoms with van der Waals surface area (Å²) in [6.45, 7) is 11.4. The fourth-order valence-corrected chi connectivity index (χ4v) is 4.39. The molecule has 0 bridgehead atoms. The van der Waals surface area contributed by atoms with Crippen molar-refractivity contribution in [3.8, 4) is 0 Å². The van der Waals surface area contributed by atoms with E-state index in [1.54, 1.807) is 0 Å². The third-order valence-corrected chi connectivity index (χ3v) is 6.66. The number of rotatable bonds is 4. The molecule has 1 unspecified atom stereocenters. The van der Waals surface area contributed by atoms with Crippen LogP contribution < -0.4 is 21.2 Å². The second kappa shape index (κ2) is 6.95. The average molecular weight is 393 g/mol. The molecule has 2 aromatic rings. The van der Waals surface area contributed by atoms with Gasteiger partial charge in [0, 0.05) is 0 Å². The minimum absolute atomic E-state index is 0.0579. The lowest BCUT2D eigenvalue weighted by molar-refractivity contribution is -0.597. The molecule has 21 heavy (non-hydrogen) atoms. The molecule has 0 aliphatic carbocycles. The monoisotopic (exact) mass is 393 g/mol. The van der Waals surface area contributed by atoms with Gasteiger partial charge in [-0.2, -0.15) is 0 Å². The molecule has 0 aromatic heterocycles. The zero-order valence-corrected chi connectivity index (χ0v) is 15.9. The van der Waals surface area contributed by atoms with Gasteiger partial charge < -0.3 is 0 Å². The summed E-state index contributed by atoms with van der Waals surface area (Å²) in [5.41, 5.74) is 3.13. The highest BCUT2D eigenvalue weighted by molar-refractivity contribution is 5.22. The molecule has 1 atom stereocenters. The number of benzene rings is 2. The van der Waals surface area contributed by atoms with Crippen molar-refractivity contribution < 1.29 is 21.2 Å². The highest BCUT2D eigenvalue weighted by Crippen LogP contribution is 2.21. The topological polar surface area (TPSA) is 0 Å². The van der Waals surface area contributed by atoms with Crippen LogP contribution in [-0.2, 0) is 5.41 Å². The highest BCUT2D eigenvalue weighted by atomic mass is 127. The summed E-state index contributed by atoms with van der Waals surface area (Å²) < 4.78 is 3.00. The van der Waals surface area contributed by atoms with Gasteiger partial charge in [-0.25, -0.2) is 0 Å². The van der Waals surface area contributed by atoms with Crippen LogP contribution in [0.3, 0.4) is 0 Å². The molecule has 0 aliphatic heterocycles. The molecule has 0 heterocycles. The van der Waals surface area contributed by atoms with Crippen LogP contribution in [0.1, 0.15) is 58.1 Å². The molecule has 0 fully saturated rings. The zero-order chi connectivity index (χ0) is 15.5. The molecule has 112 valence electrons. The highest BCUT2D eigenvalue weighted by Gasteiger charge is 2.18. The van der Waals surface area contributed by atoms with Gasteiger partial charge in [0.2, 0.25) is 0 Å². The summed E-state index contributed by atoms with van der Waals surface area (Å²) in [4.78, 5) is 0. The Morgan fingerprint density at radius 2 is 1.33 bits per heavy atom. The molecular weight excluding hydrogens is 367 g/mol. The third-order valence-electron chi connectivity index (χ3n) is 3.98. The molecule has 0 aliphatic rings. The van der Waals surface area contributed by atoms with Gasteiger partial charge in [0.1, 0.15) is 0 Å². The van der Waals surface area contributed by atoms with Gasteiger partial charge in [-0.1, -0.05) is 58.9 Å². The second-order valence-corrected chi connectivity index (χ2v) is 9.74. The van der Waals surface area contributed by atoms with Crippen LogP contribution in [0.25, 0.3) is 0 Å². The van der Waals surface area contributed by atoms with Crippen molar-refractivity contribution in [2.45, 2.75) is 52.4 Å². The van der Waals surface area contributed by atoms with Crippen molar-refractivity contribution in [3.05, 3.63) is 66.8 Å². The Balaban J connectivity index is 2.08. The van der Waals surface area contributed by atoms with Gasteiger partial charge in [-0.3, -0.25) is 0 Å². The molecule has 0 nitrogen and oxygen atoms in total. The van der Waals surface area contributed by atoms with E-state index in [-0.39, 0.29) is 26.6 Å². The maximum absolute atomic E-state index is 2.33. The predicted octanol–water partition coefficient (Wildman–Crippen LogP) is 2.63. The summed E-state index contributed by atoms with van der Waals surface area (Å²) in [6, 6.07) is 18.5. The summed E-state index contributed by atoms with van der Waals surface area (Å²) in [5.74, 6) is 0.670. The smallest absolute Gasteiger partial charge is 0.0648 e. The van der Waals surface area contributed by atoms with Gasteiger partial charge in [0.05, 0.1) is 0 Å². The first kappa shape index (κ1) is 16.5. The van der Waals surface area contributed by atoms with Gasteiger partial charge in [0.15, 0.2) is 7.14 Å². The number of hydrogen-bond acceptors (Lipinski definition) is 0. The molecule has 0 saturated carbocycles. The van der Waals surface area contributed by atoms with E-state index in [4.69, 9.17) is 0 Å². The number of halogens is 1. The van der Waals surface area contributed by atoms with Crippen molar-refractivity contribution in [2.24, 2.45) is 0 Å². The SMILES string of the molecule is CCC(C)c1ccc([I+]c2ccc(C(C)(C)C)cc2)cc1. The lowest BCUT2D eigenvalue weighted by Gasteiger charge is -2.18. The average Bonchev–Trinajstić information content (AvgIpc) is 2.47. The molecule has 0 saturated heterocycles. The standard InChI is InChI=1S/C20H26I/c1-6-15(2)16-7-11-18(12-8-16)21-19-13-9-17(10-14-19)20(3,4)5/h7-15H,6H2,1-5H3/q+1. The maximum Gasteiger partial charge on any atom is 0.357 e.